The number of nitrogens with zero attached hydrogens (tertiary/aromatic N) is 2. The second-order valence-electron chi connectivity index (χ2n) is 7.25. The maximum absolute atomic E-state index is 13.5. The second-order valence-corrected chi connectivity index (χ2v) is 8.89. The molecule has 3 heterocycles. The van der Waals surface area contributed by atoms with Crippen LogP contribution in [-0.2, 0) is 23.3 Å². The van der Waals surface area contributed by atoms with E-state index in [1.165, 1.54) is 16.2 Å². The lowest BCUT2D eigenvalue weighted by molar-refractivity contribution is -0.132. The zero-order valence-electron chi connectivity index (χ0n) is 15.2. The zero-order chi connectivity index (χ0) is 19.1. The molecule has 5 rings (SSSR count). The first-order chi connectivity index (χ1) is 13.7. The van der Waals surface area contributed by atoms with Gasteiger partial charge in [0.25, 0.3) is 5.91 Å². The zero-order valence-corrected chi connectivity index (χ0v) is 16.8. The topological polar surface area (TPSA) is 62.3 Å². The van der Waals surface area contributed by atoms with Crippen molar-refractivity contribution in [2.24, 2.45) is 0 Å². The van der Waals surface area contributed by atoms with Crippen LogP contribution in [0.1, 0.15) is 36.1 Å². The van der Waals surface area contributed by atoms with Crippen molar-refractivity contribution in [2.75, 3.05) is 0 Å². The molecule has 0 bridgehead atoms. The molecule has 1 N–H and O–H groups in total. The van der Waals surface area contributed by atoms with Crippen LogP contribution in [0.25, 0.3) is 10.6 Å². The summed E-state index contributed by atoms with van der Waals surface area (Å²) in [5, 5.41) is 9.94. The normalized spacial score (nSPS) is 21.6. The predicted molar refractivity (Wildman–Crippen MR) is 110 cm³/mol. The van der Waals surface area contributed by atoms with Crippen molar-refractivity contribution in [2.45, 2.75) is 37.8 Å². The van der Waals surface area contributed by atoms with E-state index in [4.69, 9.17) is 0 Å². The molecule has 0 unspecified atom stereocenters. The lowest BCUT2D eigenvalue weighted by Gasteiger charge is -2.27. The van der Waals surface area contributed by atoms with E-state index < -0.39 is 5.54 Å². The molecular weight excluding hydrogens is 390 g/mol. The van der Waals surface area contributed by atoms with Gasteiger partial charge in [-0.2, -0.15) is 11.3 Å². The van der Waals surface area contributed by atoms with Gasteiger partial charge in [0, 0.05) is 16.3 Å². The number of benzene rings is 1. The Hall–Kier alpha value is -2.51. The molecule has 3 aromatic rings. The Balaban J connectivity index is 1.45. The molecule has 1 aromatic carbocycles. The number of thiazole rings is 1. The lowest BCUT2D eigenvalue weighted by Crippen LogP contribution is -2.44. The fourth-order valence-electron chi connectivity index (χ4n) is 4.18. The number of imide groups is 1. The number of thiophene rings is 1. The molecule has 142 valence electrons. The highest BCUT2D eigenvalue weighted by atomic mass is 32.1. The monoisotopic (exact) mass is 409 g/mol. The van der Waals surface area contributed by atoms with Gasteiger partial charge in [-0.15, -0.1) is 11.3 Å². The van der Waals surface area contributed by atoms with E-state index in [1.54, 1.807) is 11.3 Å². The molecule has 1 saturated heterocycles. The highest BCUT2D eigenvalue weighted by Crippen LogP contribution is 2.39. The molecule has 5 nitrogen and oxygen atoms in total. The molecule has 1 atom stereocenters. The summed E-state index contributed by atoms with van der Waals surface area (Å²) in [5.41, 5.74) is 2.99. The average molecular weight is 410 g/mol. The molecule has 0 radical (unpaired) electrons. The van der Waals surface area contributed by atoms with Gasteiger partial charge < -0.3 is 5.32 Å². The number of hydrogen-bond donors (Lipinski definition) is 1. The van der Waals surface area contributed by atoms with Gasteiger partial charge in [-0.3, -0.25) is 9.69 Å². The van der Waals surface area contributed by atoms with E-state index >= 15 is 0 Å². The molecular formula is C21H19N3O2S2. The van der Waals surface area contributed by atoms with Gasteiger partial charge in [0.2, 0.25) is 0 Å². The Bertz CT molecular complexity index is 1040. The molecule has 2 aliphatic rings. The first-order valence-electron chi connectivity index (χ1n) is 9.37. The number of rotatable bonds is 3. The number of urea groups is 1. The molecule has 1 spiro atoms. The SMILES string of the molecule is O=C1N[C@]2(CCCCc3ccccc32)C(=O)N1Cc1csc(-c2ccsc2)n1. The molecule has 3 amide bonds. The van der Waals surface area contributed by atoms with E-state index in [9.17, 15) is 9.59 Å². The van der Waals surface area contributed by atoms with Gasteiger partial charge in [-0.1, -0.05) is 24.3 Å². The molecule has 7 heteroatoms. The number of aryl methyl sites for hydroxylation is 1. The summed E-state index contributed by atoms with van der Waals surface area (Å²) in [6.07, 6.45) is 3.52. The van der Waals surface area contributed by atoms with Crippen LogP contribution in [0, 0.1) is 0 Å². The summed E-state index contributed by atoms with van der Waals surface area (Å²) < 4.78 is 0. The lowest BCUT2D eigenvalue weighted by atomic mass is 9.84. The van der Waals surface area contributed by atoms with E-state index in [1.807, 2.05) is 40.4 Å². The van der Waals surface area contributed by atoms with Crippen molar-refractivity contribution in [3.8, 4) is 10.6 Å². The van der Waals surface area contributed by atoms with Gasteiger partial charge in [-0.05, 0) is 48.3 Å². The van der Waals surface area contributed by atoms with Crippen LogP contribution in [-0.4, -0.2) is 21.8 Å². The van der Waals surface area contributed by atoms with Crippen molar-refractivity contribution >= 4 is 34.6 Å². The molecule has 2 aromatic heterocycles. The molecule has 28 heavy (non-hydrogen) atoms. The number of hydrogen-bond acceptors (Lipinski definition) is 5. The Morgan fingerprint density at radius 3 is 2.89 bits per heavy atom. The van der Waals surface area contributed by atoms with E-state index in [-0.39, 0.29) is 18.5 Å². The van der Waals surface area contributed by atoms with Crippen LogP contribution in [0.15, 0.2) is 46.5 Å². The van der Waals surface area contributed by atoms with Gasteiger partial charge in [0.15, 0.2) is 0 Å². The predicted octanol–water partition coefficient (Wildman–Crippen LogP) is 4.55. The Kier molecular flexibility index (Phi) is 4.29. The first-order valence-corrected chi connectivity index (χ1v) is 11.2. The third-order valence-corrected chi connectivity index (χ3v) is 7.16. The molecule has 0 saturated carbocycles. The summed E-state index contributed by atoms with van der Waals surface area (Å²) in [6.45, 7) is 0.204. The number of carbonyl (C=O) groups excluding carboxylic acids is 2. The van der Waals surface area contributed by atoms with Gasteiger partial charge in [0.1, 0.15) is 10.5 Å². The maximum atomic E-state index is 13.5. The van der Waals surface area contributed by atoms with Crippen LogP contribution < -0.4 is 5.32 Å². The third kappa shape index (κ3) is 2.77. The smallest absolute Gasteiger partial charge is 0.319 e. The van der Waals surface area contributed by atoms with Crippen molar-refractivity contribution < 1.29 is 9.59 Å². The van der Waals surface area contributed by atoms with Gasteiger partial charge in [-0.25, -0.2) is 9.78 Å². The fraction of sp³-hybridized carbons (Fsp3) is 0.286. The van der Waals surface area contributed by atoms with E-state index in [0.29, 0.717) is 6.42 Å². The minimum atomic E-state index is -0.934. The highest BCUT2D eigenvalue weighted by Gasteiger charge is 2.53. The van der Waals surface area contributed by atoms with Crippen LogP contribution >= 0.6 is 22.7 Å². The first kappa shape index (κ1) is 17.6. The van der Waals surface area contributed by atoms with Crippen LogP contribution in [0.5, 0.6) is 0 Å². The van der Waals surface area contributed by atoms with Crippen molar-refractivity contribution in [1.29, 1.82) is 0 Å². The molecule has 1 aliphatic carbocycles. The summed E-state index contributed by atoms with van der Waals surface area (Å²) in [6, 6.07) is 9.70. The number of amides is 3. The number of carbonyl (C=O) groups is 2. The highest BCUT2D eigenvalue weighted by molar-refractivity contribution is 7.14. The van der Waals surface area contributed by atoms with E-state index in [2.05, 4.69) is 16.4 Å². The van der Waals surface area contributed by atoms with Gasteiger partial charge >= 0.3 is 6.03 Å². The Morgan fingerprint density at radius 1 is 1.14 bits per heavy atom. The summed E-state index contributed by atoms with van der Waals surface area (Å²) in [4.78, 5) is 32.2. The van der Waals surface area contributed by atoms with Crippen molar-refractivity contribution in [3.05, 3.63) is 63.3 Å². The molecule has 1 fully saturated rings. The van der Waals surface area contributed by atoms with Gasteiger partial charge in [0.05, 0.1) is 12.2 Å². The maximum Gasteiger partial charge on any atom is 0.325 e. The molecule has 1 aliphatic heterocycles. The van der Waals surface area contributed by atoms with Crippen LogP contribution in [0.4, 0.5) is 4.79 Å². The van der Waals surface area contributed by atoms with Crippen molar-refractivity contribution in [3.63, 3.8) is 0 Å². The van der Waals surface area contributed by atoms with E-state index in [0.717, 1.165) is 46.7 Å². The third-order valence-electron chi connectivity index (χ3n) is 5.54. The number of aromatic nitrogens is 1. The van der Waals surface area contributed by atoms with Crippen molar-refractivity contribution in [1.82, 2.24) is 15.2 Å². The second kappa shape index (κ2) is 6.83. The largest absolute Gasteiger partial charge is 0.325 e. The minimum Gasteiger partial charge on any atom is -0.319 e. The fourth-order valence-corrected chi connectivity index (χ4v) is 5.70. The van der Waals surface area contributed by atoms with Crippen LogP contribution in [0.2, 0.25) is 0 Å². The quantitative estimate of drug-likeness (QED) is 0.646. The average Bonchev–Trinajstić information content (AvgIpc) is 3.40. The van der Waals surface area contributed by atoms with Crippen LogP contribution in [0.3, 0.4) is 0 Å². The number of fused-ring (bicyclic) bond motifs is 2. The minimum absolute atomic E-state index is 0.156. The number of nitrogens with one attached hydrogen (secondary N) is 1. The summed E-state index contributed by atoms with van der Waals surface area (Å²) in [5.74, 6) is -0.156. The Labute approximate surface area is 171 Å². The summed E-state index contributed by atoms with van der Waals surface area (Å²) >= 11 is 3.16. The standard InChI is InChI=1S/C21H19N3O2S2/c25-19-21(9-4-3-6-14-5-1-2-7-17(14)21)23-20(26)24(19)11-16-13-28-18(22-16)15-8-10-27-12-15/h1-2,5,7-8,10,12-13H,3-4,6,9,11H2,(H,23,26)/t21-/m0/s1. The summed E-state index contributed by atoms with van der Waals surface area (Å²) in [7, 11) is 0. The Morgan fingerprint density at radius 2 is 2.04 bits per heavy atom.